The van der Waals surface area contributed by atoms with Crippen molar-refractivity contribution >= 4 is 21.8 Å². The van der Waals surface area contributed by atoms with E-state index in [2.05, 4.69) is 4.90 Å². The smallest absolute Gasteiger partial charge is 0.282 e. The van der Waals surface area contributed by atoms with E-state index in [0.29, 0.717) is 30.7 Å². The fourth-order valence-electron chi connectivity index (χ4n) is 3.30. The zero-order chi connectivity index (χ0) is 15.7. The molecular weight excluding hydrogens is 322 g/mol. The Hall–Kier alpha value is -0.660. The van der Waals surface area contributed by atoms with Gasteiger partial charge in [-0.3, -0.25) is 4.90 Å². The second kappa shape index (κ2) is 6.45. The Morgan fingerprint density at radius 1 is 1.23 bits per heavy atom. The van der Waals surface area contributed by atoms with Gasteiger partial charge in [-0.2, -0.15) is 17.0 Å². The Morgan fingerprint density at radius 3 is 2.68 bits per heavy atom. The summed E-state index contributed by atoms with van der Waals surface area (Å²) < 4.78 is 28.6. The second-order valence-electron chi connectivity index (χ2n) is 6.08. The van der Waals surface area contributed by atoms with Crippen LogP contribution >= 0.6 is 11.6 Å². The summed E-state index contributed by atoms with van der Waals surface area (Å²) in [4.78, 5) is 2.41. The molecule has 2 saturated heterocycles. The maximum absolute atomic E-state index is 12.8. The van der Waals surface area contributed by atoms with Gasteiger partial charge in [0.1, 0.15) is 0 Å². The SMILES string of the molecule is CN(Cc1ccc(Cl)cc1)S(=O)(=O)N1CCN2CCCC2C1. The average Bonchev–Trinajstić information content (AvgIpc) is 2.97. The predicted molar refractivity (Wildman–Crippen MR) is 88.0 cm³/mol. The van der Waals surface area contributed by atoms with Crippen molar-refractivity contribution in [2.24, 2.45) is 0 Å². The van der Waals surface area contributed by atoms with E-state index in [4.69, 9.17) is 11.6 Å². The number of nitrogens with zero attached hydrogens (tertiary/aromatic N) is 3. The monoisotopic (exact) mass is 343 g/mol. The lowest BCUT2D eigenvalue weighted by Gasteiger charge is -2.38. The van der Waals surface area contributed by atoms with E-state index < -0.39 is 10.2 Å². The summed E-state index contributed by atoms with van der Waals surface area (Å²) in [6.07, 6.45) is 2.28. The van der Waals surface area contributed by atoms with Gasteiger partial charge in [-0.15, -0.1) is 0 Å². The Morgan fingerprint density at radius 2 is 1.95 bits per heavy atom. The molecule has 2 aliphatic heterocycles. The quantitative estimate of drug-likeness (QED) is 0.837. The molecular formula is C15H22ClN3O2S. The summed E-state index contributed by atoms with van der Waals surface area (Å²) in [5.41, 5.74) is 0.940. The molecule has 1 aromatic rings. The molecule has 0 bridgehead atoms. The molecule has 122 valence electrons. The molecule has 5 nitrogen and oxygen atoms in total. The topological polar surface area (TPSA) is 43.9 Å². The molecule has 1 unspecified atom stereocenters. The molecule has 2 aliphatic rings. The maximum atomic E-state index is 12.8. The largest absolute Gasteiger partial charge is 0.298 e. The van der Waals surface area contributed by atoms with Crippen LogP contribution in [0.25, 0.3) is 0 Å². The van der Waals surface area contributed by atoms with Gasteiger partial charge < -0.3 is 0 Å². The first-order valence-corrected chi connectivity index (χ1v) is 9.44. The average molecular weight is 344 g/mol. The third kappa shape index (κ3) is 3.31. The predicted octanol–water partition coefficient (Wildman–Crippen LogP) is 1.80. The third-order valence-electron chi connectivity index (χ3n) is 4.59. The van der Waals surface area contributed by atoms with E-state index in [-0.39, 0.29) is 0 Å². The number of rotatable bonds is 4. The minimum absolute atomic E-state index is 0.365. The molecule has 0 amide bonds. The number of hydrogen-bond acceptors (Lipinski definition) is 3. The highest BCUT2D eigenvalue weighted by atomic mass is 35.5. The van der Waals surface area contributed by atoms with Crippen molar-refractivity contribution in [2.75, 3.05) is 33.2 Å². The minimum Gasteiger partial charge on any atom is -0.298 e. The summed E-state index contributed by atoms with van der Waals surface area (Å²) in [6.45, 7) is 3.53. The van der Waals surface area contributed by atoms with E-state index >= 15 is 0 Å². The number of benzene rings is 1. The van der Waals surface area contributed by atoms with Crippen LogP contribution in [0.1, 0.15) is 18.4 Å². The van der Waals surface area contributed by atoms with Gasteiger partial charge in [0.25, 0.3) is 10.2 Å². The molecule has 2 fully saturated rings. The van der Waals surface area contributed by atoms with Crippen LogP contribution < -0.4 is 0 Å². The summed E-state index contributed by atoms with van der Waals surface area (Å²) in [5.74, 6) is 0. The number of hydrogen-bond donors (Lipinski definition) is 0. The van der Waals surface area contributed by atoms with Gasteiger partial charge >= 0.3 is 0 Å². The Balaban J connectivity index is 1.67. The van der Waals surface area contributed by atoms with Crippen LogP contribution in [0.15, 0.2) is 24.3 Å². The highest BCUT2D eigenvalue weighted by molar-refractivity contribution is 7.86. The lowest BCUT2D eigenvalue weighted by Crippen LogP contribution is -2.54. The molecule has 0 radical (unpaired) electrons. The van der Waals surface area contributed by atoms with Crippen LogP contribution in [0.4, 0.5) is 0 Å². The molecule has 7 heteroatoms. The number of fused-ring (bicyclic) bond motifs is 1. The van der Waals surface area contributed by atoms with E-state index in [1.807, 2.05) is 12.1 Å². The molecule has 0 N–H and O–H groups in total. The van der Waals surface area contributed by atoms with E-state index in [1.54, 1.807) is 23.5 Å². The van der Waals surface area contributed by atoms with Gasteiger partial charge in [0.05, 0.1) is 0 Å². The zero-order valence-corrected chi connectivity index (χ0v) is 14.4. The standard InChI is InChI=1S/C15H22ClN3O2S/c1-17(11-13-4-6-14(16)7-5-13)22(20,21)19-10-9-18-8-2-3-15(18)12-19/h4-7,15H,2-3,8-12H2,1H3. The van der Waals surface area contributed by atoms with Gasteiger partial charge in [0.2, 0.25) is 0 Å². The van der Waals surface area contributed by atoms with Crippen molar-refractivity contribution < 1.29 is 8.42 Å². The van der Waals surface area contributed by atoms with Gasteiger partial charge in [0, 0.05) is 44.3 Å². The van der Waals surface area contributed by atoms with Gasteiger partial charge in [0.15, 0.2) is 0 Å². The molecule has 1 atom stereocenters. The van der Waals surface area contributed by atoms with Crippen LogP contribution in [0.2, 0.25) is 5.02 Å². The van der Waals surface area contributed by atoms with Gasteiger partial charge in [-0.05, 0) is 37.1 Å². The number of halogens is 1. The van der Waals surface area contributed by atoms with Gasteiger partial charge in [-0.1, -0.05) is 23.7 Å². The summed E-state index contributed by atoms with van der Waals surface area (Å²) in [5, 5.41) is 0.659. The van der Waals surface area contributed by atoms with Crippen LogP contribution in [0.3, 0.4) is 0 Å². The maximum Gasteiger partial charge on any atom is 0.282 e. The highest BCUT2D eigenvalue weighted by Gasteiger charge is 2.37. The molecule has 0 spiro atoms. The first kappa shape index (κ1) is 16.2. The Kier molecular flexibility index (Phi) is 4.75. The van der Waals surface area contributed by atoms with Crippen molar-refractivity contribution in [2.45, 2.75) is 25.4 Å². The fourth-order valence-corrected chi connectivity index (χ4v) is 4.80. The summed E-state index contributed by atoms with van der Waals surface area (Å²) in [7, 11) is -1.76. The molecule has 0 aromatic heterocycles. The van der Waals surface area contributed by atoms with Crippen LogP contribution in [-0.2, 0) is 16.8 Å². The molecule has 0 aliphatic carbocycles. The van der Waals surface area contributed by atoms with Crippen molar-refractivity contribution in [1.29, 1.82) is 0 Å². The van der Waals surface area contributed by atoms with Crippen molar-refractivity contribution in [3.63, 3.8) is 0 Å². The minimum atomic E-state index is -3.40. The molecule has 2 heterocycles. The fraction of sp³-hybridized carbons (Fsp3) is 0.600. The summed E-state index contributed by atoms with van der Waals surface area (Å²) in [6, 6.07) is 7.70. The lowest BCUT2D eigenvalue weighted by molar-refractivity contribution is 0.153. The van der Waals surface area contributed by atoms with E-state index in [0.717, 1.165) is 25.1 Å². The summed E-state index contributed by atoms with van der Waals surface area (Å²) >= 11 is 5.87. The van der Waals surface area contributed by atoms with Crippen molar-refractivity contribution in [1.82, 2.24) is 13.5 Å². The Labute approximate surface area is 137 Å². The first-order valence-electron chi connectivity index (χ1n) is 7.67. The highest BCUT2D eigenvalue weighted by Crippen LogP contribution is 2.24. The van der Waals surface area contributed by atoms with E-state index in [1.165, 1.54) is 10.7 Å². The molecule has 1 aromatic carbocycles. The van der Waals surface area contributed by atoms with Gasteiger partial charge in [-0.25, -0.2) is 0 Å². The normalized spacial score (nSPS) is 23.9. The Bertz CT molecular complexity index is 620. The molecule has 3 rings (SSSR count). The second-order valence-corrected chi connectivity index (χ2v) is 8.55. The van der Waals surface area contributed by atoms with Crippen LogP contribution in [0.5, 0.6) is 0 Å². The lowest BCUT2D eigenvalue weighted by atomic mass is 10.2. The number of piperazine rings is 1. The zero-order valence-electron chi connectivity index (χ0n) is 12.8. The van der Waals surface area contributed by atoms with Crippen molar-refractivity contribution in [3.8, 4) is 0 Å². The molecule has 22 heavy (non-hydrogen) atoms. The van der Waals surface area contributed by atoms with E-state index in [9.17, 15) is 8.42 Å². The third-order valence-corrected chi connectivity index (χ3v) is 6.74. The van der Waals surface area contributed by atoms with Crippen LogP contribution in [0, 0.1) is 0 Å². The van der Waals surface area contributed by atoms with Crippen LogP contribution in [-0.4, -0.2) is 61.2 Å². The first-order chi connectivity index (χ1) is 10.5. The van der Waals surface area contributed by atoms with Crippen molar-refractivity contribution in [3.05, 3.63) is 34.9 Å². The molecule has 0 saturated carbocycles.